The van der Waals surface area contributed by atoms with Crippen molar-refractivity contribution < 1.29 is 32.3 Å². The van der Waals surface area contributed by atoms with Gasteiger partial charge in [0.1, 0.15) is 0 Å². The van der Waals surface area contributed by atoms with E-state index in [-0.39, 0.29) is 6.54 Å². The van der Waals surface area contributed by atoms with Gasteiger partial charge in [-0.15, -0.1) is 0 Å². The molecular formula is C11H15F4NO3. The summed E-state index contributed by atoms with van der Waals surface area (Å²) in [5, 5.41) is 8.64. The molecule has 110 valence electrons. The van der Waals surface area contributed by atoms with E-state index in [4.69, 9.17) is 5.11 Å². The monoisotopic (exact) mass is 285 g/mol. The standard InChI is InChI=1S/C11H15F4NO3/c1-9(2,11(13,14)15)5-7(17)16-4-3-10(12,6-16)8(18)19/h3-6H2,1-2H3,(H,18,19). The van der Waals surface area contributed by atoms with Gasteiger partial charge in [0.15, 0.2) is 0 Å². The van der Waals surface area contributed by atoms with E-state index in [9.17, 15) is 27.2 Å². The van der Waals surface area contributed by atoms with Gasteiger partial charge in [0, 0.05) is 19.4 Å². The van der Waals surface area contributed by atoms with Crippen molar-refractivity contribution in [2.45, 2.75) is 38.5 Å². The molecule has 0 aliphatic carbocycles. The highest BCUT2D eigenvalue weighted by Crippen LogP contribution is 2.41. The third-order valence-corrected chi connectivity index (χ3v) is 3.32. The molecule has 1 saturated heterocycles. The zero-order chi connectivity index (χ0) is 15.1. The van der Waals surface area contributed by atoms with E-state index in [0.29, 0.717) is 0 Å². The highest BCUT2D eigenvalue weighted by atomic mass is 19.4. The van der Waals surface area contributed by atoms with Crippen LogP contribution in [0.2, 0.25) is 0 Å². The lowest BCUT2D eigenvalue weighted by Crippen LogP contribution is -2.42. The SMILES string of the molecule is CC(C)(CC(=O)N1CCC(F)(C(=O)O)C1)C(F)(F)F. The summed E-state index contributed by atoms with van der Waals surface area (Å²) in [5.74, 6) is -2.58. The summed E-state index contributed by atoms with van der Waals surface area (Å²) in [6, 6.07) is 0. The van der Waals surface area contributed by atoms with E-state index < -0.39 is 48.5 Å². The number of hydrogen-bond donors (Lipinski definition) is 1. The number of halogens is 4. The number of likely N-dealkylation sites (tertiary alicyclic amines) is 1. The van der Waals surface area contributed by atoms with Crippen LogP contribution in [0.1, 0.15) is 26.7 Å². The molecule has 19 heavy (non-hydrogen) atoms. The van der Waals surface area contributed by atoms with Gasteiger partial charge in [0.2, 0.25) is 11.6 Å². The Bertz CT molecular complexity index is 394. The normalized spacial score (nSPS) is 24.6. The van der Waals surface area contributed by atoms with Crippen LogP contribution in [-0.4, -0.2) is 46.8 Å². The molecule has 8 heteroatoms. The number of alkyl halides is 4. The Morgan fingerprint density at radius 3 is 2.21 bits per heavy atom. The molecule has 0 spiro atoms. The van der Waals surface area contributed by atoms with Crippen LogP contribution in [0.5, 0.6) is 0 Å². The van der Waals surface area contributed by atoms with Crippen molar-refractivity contribution in [2.75, 3.05) is 13.1 Å². The van der Waals surface area contributed by atoms with E-state index in [1.807, 2.05) is 0 Å². The minimum Gasteiger partial charge on any atom is -0.479 e. The first-order valence-corrected chi connectivity index (χ1v) is 5.66. The second-order valence-corrected chi connectivity index (χ2v) is 5.39. The van der Waals surface area contributed by atoms with E-state index in [1.165, 1.54) is 0 Å². The molecule has 0 bridgehead atoms. The summed E-state index contributed by atoms with van der Waals surface area (Å²) in [6.07, 6.45) is -5.78. The maximum atomic E-state index is 13.7. The van der Waals surface area contributed by atoms with Crippen molar-refractivity contribution in [2.24, 2.45) is 5.41 Å². The molecule has 0 aromatic rings. The van der Waals surface area contributed by atoms with Crippen molar-refractivity contribution in [3.63, 3.8) is 0 Å². The quantitative estimate of drug-likeness (QED) is 0.807. The average molecular weight is 285 g/mol. The smallest absolute Gasteiger partial charge is 0.394 e. The van der Waals surface area contributed by atoms with Crippen molar-refractivity contribution in [3.8, 4) is 0 Å². The summed E-state index contributed by atoms with van der Waals surface area (Å²) >= 11 is 0. The molecule has 1 aliphatic rings. The van der Waals surface area contributed by atoms with Gasteiger partial charge in [-0.3, -0.25) is 4.79 Å². The number of hydrogen-bond acceptors (Lipinski definition) is 2. The third-order valence-electron chi connectivity index (χ3n) is 3.32. The van der Waals surface area contributed by atoms with Gasteiger partial charge in [-0.25, -0.2) is 9.18 Å². The maximum Gasteiger partial charge on any atom is 0.394 e. The fourth-order valence-corrected chi connectivity index (χ4v) is 1.75. The number of carboxylic acid groups (broad SMARTS) is 1. The molecule has 0 radical (unpaired) electrons. The fraction of sp³-hybridized carbons (Fsp3) is 0.818. The highest BCUT2D eigenvalue weighted by molar-refractivity contribution is 5.82. The Balaban J connectivity index is 2.70. The van der Waals surface area contributed by atoms with Gasteiger partial charge in [-0.05, 0) is 0 Å². The number of nitrogens with zero attached hydrogens (tertiary/aromatic N) is 1. The van der Waals surface area contributed by atoms with Crippen LogP contribution in [-0.2, 0) is 9.59 Å². The van der Waals surface area contributed by atoms with Crippen LogP contribution in [0.15, 0.2) is 0 Å². The number of carbonyl (C=O) groups is 2. The number of amides is 1. The van der Waals surface area contributed by atoms with Gasteiger partial charge < -0.3 is 10.0 Å². The van der Waals surface area contributed by atoms with E-state index in [0.717, 1.165) is 18.7 Å². The second-order valence-electron chi connectivity index (χ2n) is 5.39. The molecule has 1 N–H and O–H groups in total. The van der Waals surface area contributed by atoms with Crippen LogP contribution in [0.25, 0.3) is 0 Å². The zero-order valence-corrected chi connectivity index (χ0v) is 10.6. The molecule has 1 fully saturated rings. The maximum absolute atomic E-state index is 13.7. The Hall–Kier alpha value is -1.34. The van der Waals surface area contributed by atoms with Gasteiger partial charge in [0.05, 0.1) is 12.0 Å². The molecule has 1 aliphatic heterocycles. The summed E-state index contributed by atoms with van der Waals surface area (Å²) in [5.41, 5.74) is -4.78. The Labute approximate surface area is 107 Å². The van der Waals surface area contributed by atoms with Crippen molar-refractivity contribution >= 4 is 11.9 Å². The summed E-state index contributed by atoms with van der Waals surface area (Å²) < 4.78 is 51.6. The number of carbonyl (C=O) groups excluding carboxylic acids is 1. The first-order chi connectivity index (χ1) is 8.39. The molecule has 1 atom stereocenters. The summed E-state index contributed by atoms with van der Waals surface area (Å²) in [6.45, 7) is 0.867. The number of aliphatic carboxylic acids is 1. The lowest BCUT2D eigenvalue weighted by Gasteiger charge is -2.29. The van der Waals surface area contributed by atoms with Crippen molar-refractivity contribution in [1.29, 1.82) is 0 Å². The highest BCUT2D eigenvalue weighted by Gasteiger charge is 2.51. The predicted octanol–water partition coefficient (Wildman–Crippen LogP) is 1.99. The first-order valence-electron chi connectivity index (χ1n) is 5.66. The Morgan fingerprint density at radius 2 is 1.84 bits per heavy atom. The molecule has 1 heterocycles. The average Bonchev–Trinajstić information content (AvgIpc) is 2.60. The summed E-state index contributed by atoms with van der Waals surface area (Å²) in [4.78, 5) is 23.2. The number of rotatable bonds is 3. The predicted molar refractivity (Wildman–Crippen MR) is 57.1 cm³/mol. The first kappa shape index (κ1) is 15.7. The van der Waals surface area contributed by atoms with Crippen molar-refractivity contribution in [3.05, 3.63) is 0 Å². The van der Waals surface area contributed by atoms with Crippen LogP contribution in [0.3, 0.4) is 0 Å². The van der Waals surface area contributed by atoms with E-state index >= 15 is 0 Å². The van der Waals surface area contributed by atoms with E-state index in [2.05, 4.69) is 0 Å². The van der Waals surface area contributed by atoms with Crippen LogP contribution >= 0.6 is 0 Å². The van der Waals surface area contributed by atoms with Gasteiger partial charge in [0.25, 0.3) is 0 Å². The fourth-order valence-electron chi connectivity index (χ4n) is 1.75. The Kier molecular flexibility index (Phi) is 3.84. The molecule has 1 unspecified atom stereocenters. The minimum absolute atomic E-state index is 0.185. The molecule has 1 rings (SSSR count). The molecular weight excluding hydrogens is 270 g/mol. The van der Waals surface area contributed by atoms with Gasteiger partial charge >= 0.3 is 12.1 Å². The second kappa shape index (κ2) is 4.64. The lowest BCUT2D eigenvalue weighted by molar-refractivity contribution is -0.215. The van der Waals surface area contributed by atoms with Crippen LogP contribution < -0.4 is 0 Å². The minimum atomic E-state index is -4.55. The van der Waals surface area contributed by atoms with Crippen LogP contribution in [0, 0.1) is 5.41 Å². The molecule has 1 amide bonds. The van der Waals surface area contributed by atoms with Crippen molar-refractivity contribution in [1.82, 2.24) is 4.90 Å². The topological polar surface area (TPSA) is 57.6 Å². The molecule has 0 aromatic heterocycles. The van der Waals surface area contributed by atoms with Gasteiger partial charge in [-0.2, -0.15) is 13.2 Å². The largest absolute Gasteiger partial charge is 0.479 e. The molecule has 0 aromatic carbocycles. The Morgan fingerprint density at radius 1 is 1.32 bits per heavy atom. The van der Waals surface area contributed by atoms with E-state index in [1.54, 1.807) is 0 Å². The lowest BCUT2D eigenvalue weighted by atomic mass is 9.88. The summed E-state index contributed by atoms with van der Waals surface area (Å²) in [7, 11) is 0. The number of carboxylic acids is 1. The third kappa shape index (κ3) is 3.16. The molecule has 0 saturated carbocycles. The molecule has 4 nitrogen and oxygen atoms in total. The van der Waals surface area contributed by atoms with Crippen LogP contribution in [0.4, 0.5) is 17.6 Å². The zero-order valence-electron chi connectivity index (χ0n) is 10.6. The van der Waals surface area contributed by atoms with Gasteiger partial charge in [-0.1, -0.05) is 13.8 Å².